The zero-order valence-electron chi connectivity index (χ0n) is 11.4. The number of hydrogen-bond donors (Lipinski definition) is 0. The zero-order valence-corrected chi connectivity index (χ0v) is 13.8. The molecule has 1 atom stereocenters. The highest BCUT2D eigenvalue weighted by molar-refractivity contribution is 9.10. The van der Waals surface area contributed by atoms with E-state index in [2.05, 4.69) is 15.9 Å². The van der Waals surface area contributed by atoms with E-state index in [-0.39, 0.29) is 4.47 Å². The van der Waals surface area contributed by atoms with Gasteiger partial charge in [0.2, 0.25) is 0 Å². The second kappa shape index (κ2) is 6.01. The van der Waals surface area contributed by atoms with Gasteiger partial charge in [-0.1, -0.05) is 45.8 Å². The number of alkyl halides is 4. The van der Waals surface area contributed by atoms with Crippen molar-refractivity contribution in [3.63, 3.8) is 0 Å². The van der Waals surface area contributed by atoms with E-state index in [9.17, 15) is 13.2 Å². The van der Waals surface area contributed by atoms with Gasteiger partial charge in [-0.3, -0.25) is 0 Å². The standard InChI is InChI=1S/C16H13BrClF3/c1-9-3-4-10(2)12(7-9)15(18)11-5-6-14(17)13(8-11)16(19,20)21/h3-8,15H,1-2H3. The molecule has 1 unspecified atom stereocenters. The van der Waals surface area contributed by atoms with Gasteiger partial charge in [0.15, 0.2) is 0 Å². The Morgan fingerprint density at radius 1 is 1.05 bits per heavy atom. The van der Waals surface area contributed by atoms with Crippen LogP contribution in [-0.4, -0.2) is 0 Å². The van der Waals surface area contributed by atoms with Crippen molar-refractivity contribution in [1.82, 2.24) is 0 Å². The summed E-state index contributed by atoms with van der Waals surface area (Å²) in [4.78, 5) is 0. The molecule has 0 aliphatic rings. The molecule has 0 N–H and O–H groups in total. The molecule has 0 aliphatic carbocycles. The van der Waals surface area contributed by atoms with Crippen LogP contribution in [0.25, 0.3) is 0 Å². The number of rotatable bonds is 2. The number of benzene rings is 2. The Labute approximate surface area is 135 Å². The SMILES string of the molecule is Cc1ccc(C)c(C(Cl)c2ccc(Br)c(C(F)(F)F)c2)c1. The van der Waals surface area contributed by atoms with Gasteiger partial charge in [0.25, 0.3) is 0 Å². The van der Waals surface area contributed by atoms with Crippen molar-refractivity contribution >= 4 is 27.5 Å². The van der Waals surface area contributed by atoms with Crippen molar-refractivity contribution in [1.29, 1.82) is 0 Å². The van der Waals surface area contributed by atoms with Crippen molar-refractivity contribution in [2.75, 3.05) is 0 Å². The Morgan fingerprint density at radius 2 is 1.71 bits per heavy atom. The van der Waals surface area contributed by atoms with E-state index >= 15 is 0 Å². The van der Waals surface area contributed by atoms with Crippen LogP contribution in [0.4, 0.5) is 13.2 Å². The Bertz CT molecular complexity index is 665. The maximum atomic E-state index is 13.0. The molecule has 0 aromatic heterocycles. The monoisotopic (exact) mass is 376 g/mol. The van der Waals surface area contributed by atoms with Gasteiger partial charge >= 0.3 is 6.18 Å². The van der Waals surface area contributed by atoms with Crippen LogP contribution in [0.15, 0.2) is 40.9 Å². The Hall–Kier alpha value is -1.00. The first-order chi connectivity index (χ1) is 9.70. The molecule has 0 nitrogen and oxygen atoms in total. The molecule has 112 valence electrons. The lowest BCUT2D eigenvalue weighted by atomic mass is 9.97. The fraction of sp³-hybridized carbons (Fsp3) is 0.250. The van der Waals surface area contributed by atoms with E-state index in [0.29, 0.717) is 5.56 Å². The second-order valence-corrected chi connectivity index (χ2v) is 6.25. The maximum Gasteiger partial charge on any atom is 0.417 e. The van der Waals surface area contributed by atoms with Gasteiger partial charge in [0.05, 0.1) is 10.9 Å². The normalized spacial score (nSPS) is 13.3. The van der Waals surface area contributed by atoms with E-state index in [1.807, 2.05) is 32.0 Å². The molecule has 0 heterocycles. The molecule has 0 saturated heterocycles. The van der Waals surface area contributed by atoms with Crippen molar-refractivity contribution in [2.45, 2.75) is 25.4 Å². The van der Waals surface area contributed by atoms with Crippen molar-refractivity contribution in [3.8, 4) is 0 Å². The number of hydrogen-bond acceptors (Lipinski definition) is 0. The molecule has 2 aromatic rings. The third-order valence-electron chi connectivity index (χ3n) is 3.30. The fourth-order valence-electron chi connectivity index (χ4n) is 2.13. The molecule has 0 bridgehead atoms. The average molecular weight is 378 g/mol. The summed E-state index contributed by atoms with van der Waals surface area (Å²) in [5, 5.41) is -0.612. The van der Waals surface area contributed by atoms with Crippen LogP contribution < -0.4 is 0 Å². The van der Waals surface area contributed by atoms with E-state index in [4.69, 9.17) is 11.6 Å². The highest BCUT2D eigenvalue weighted by atomic mass is 79.9. The lowest BCUT2D eigenvalue weighted by Crippen LogP contribution is -2.08. The third-order valence-corrected chi connectivity index (χ3v) is 4.47. The molecule has 0 amide bonds. The minimum Gasteiger partial charge on any atom is -0.166 e. The minimum atomic E-state index is -4.41. The molecule has 2 rings (SSSR count). The van der Waals surface area contributed by atoms with Gasteiger partial charge in [0.1, 0.15) is 0 Å². The molecule has 5 heteroatoms. The summed E-state index contributed by atoms with van der Waals surface area (Å²) >= 11 is 9.34. The average Bonchev–Trinajstić information content (AvgIpc) is 2.40. The second-order valence-electron chi connectivity index (χ2n) is 4.96. The molecule has 0 radical (unpaired) electrons. The molecule has 0 spiro atoms. The lowest BCUT2D eigenvalue weighted by molar-refractivity contribution is -0.138. The molecule has 0 aliphatic heterocycles. The molecule has 0 saturated carbocycles. The quantitative estimate of drug-likeness (QED) is 0.530. The summed E-state index contributed by atoms with van der Waals surface area (Å²) in [6.07, 6.45) is -4.41. The first-order valence-corrected chi connectivity index (χ1v) is 7.51. The van der Waals surface area contributed by atoms with Gasteiger partial charge < -0.3 is 0 Å². The highest BCUT2D eigenvalue weighted by Gasteiger charge is 2.33. The summed E-state index contributed by atoms with van der Waals surface area (Å²) in [6.45, 7) is 3.82. The first kappa shape index (κ1) is 16.4. The molecule has 0 fully saturated rings. The summed E-state index contributed by atoms with van der Waals surface area (Å²) < 4.78 is 38.9. The highest BCUT2D eigenvalue weighted by Crippen LogP contribution is 2.39. The van der Waals surface area contributed by atoms with Gasteiger partial charge in [-0.05, 0) is 42.7 Å². The molecular weight excluding hydrogens is 365 g/mol. The van der Waals surface area contributed by atoms with Gasteiger partial charge in [-0.15, -0.1) is 11.6 Å². The van der Waals surface area contributed by atoms with Crippen molar-refractivity contribution < 1.29 is 13.2 Å². The van der Waals surface area contributed by atoms with Gasteiger partial charge in [0, 0.05) is 4.47 Å². The summed E-state index contributed by atoms with van der Waals surface area (Å²) in [5.74, 6) is 0. The molecular formula is C16H13BrClF3. The number of halogens is 5. The molecule has 2 aromatic carbocycles. The summed E-state index contributed by atoms with van der Waals surface area (Å²) in [7, 11) is 0. The van der Waals surface area contributed by atoms with Crippen LogP contribution in [-0.2, 0) is 6.18 Å². The van der Waals surface area contributed by atoms with Crippen LogP contribution in [0.5, 0.6) is 0 Å². The molecule has 21 heavy (non-hydrogen) atoms. The van der Waals surface area contributed by atoms with E-state index < -0.39 is 17.1 Å². The van der Waals surface area contributed by atoms with E-state index in [1.165, 1.54) is 6.07 Å². The predicted molar refractivity (Wildman–Crippen MR) is 82.8 cm³/mol. The van der Waals surface area contributed by atoms with Gasteiger partial charge in [-0.2, -0.15) is 13.2 Å². The van der Waals surface area contributed by atoms with Crippen LogP contribution in [0.3, 0.4) is 0 Å². The summed E-state index contributed by atoms with van der Waals surface area (Å²) in [5.41, 5.74) is 2.52. The van der Waals surface area contributed by atoms with E-state index in [1.54, 1.807) is 6.07 Å². The van der Waals surface area contributed by atoms with Crippen molar-refractivity contribution in [3.05, 3.63) is 68.7 Å². The maximum absolute atomic E-state index is 13.0. The van der Waals surface area contributed by atoms with E-state index in [0.717, 1.165) is 22.8 Å². The minimum absolute atomic E-state index is 0.0172. The van der Waals surface area contributed by atoms with Crippen LogP contribution in [0.1, 0.15) is 33.2 Å². The smallest absolute Gasteiger partial charge is 0.166 e. The first-order valence-electron chi connectivity index (χ1n) is 6.28. The Kier molecular flexibility index (Phi) is 4.69. The Morgan fingerprint density at radius 3 is 2.33 bits per heavy atom. The third kappa shape index (κ3) is 3.61. The lowest BCUT2D eigenvalue weighted by Gasteiger charge is -2.17. The Balaban J connectivity index is 2.49. The zero-order chi connectivity index (χ0) is 15.8. The van der Waals surface area contributed by atoms with Crippen molar-refractivity contribution in [2.24, 2.45) is 0 Å². The number of aryl methyl sites for hydroxylation is 2. The predicted octanol–water partition coefficient (Wildman–Crippen LogP) is 6.41. The van der Waals surface area contributed by atoms with Crippen LogP contribution in [0.2, 0.25) is 0 Å². The topological polar surface area (TPSA) is 0 Å². The fourth-order valence-corrected chi connectivity index (χ4v) is 2.97. The van der Waals surface area contributed by atoms with Crippen LogP contribution in [0, 0.1) is 13.8 Å². The van der Waals surface area contributed by atoms with Gasteiger partial charge in [-0.25, -0.2) is 0 Å². The summed E-state index contributed by atoms with van der Waals surface area (Å²) in [6, 6.07) is 9.87. The van der Waals surface area contributed by atoms with Crippen LogP contribution >= 0.6 is 27.5 Å². The largest absolute Gasteiger partial charge is 0.417 e.